The van der Waals surface area contributed by atoms with Gasteiger partial charge in [-0.3, -0.25) is 0 Å². The number of methoxy groups -OCH3 is 2. The highest BCUT2D eigenvalue weighted by Crippen LogP contribution is 2.12. The predicted molar refractivity (Wildman–Crippen MR) is 135 cm³/mol. The van der Waals surface area contributed by atoms with Gasteiger partial charge >= 0.3 is 11.9 Å². The molecule has 8 heteroatoms. The summed E-state index contributed by atoms with van der Waals surface area (Å²) in [4.78, 5) is 23.5. The van der Waals surface area contributed by atoms with E-state index in [2.05, 4.69) is 62.3 Å². The maximum absolute atomic E-state index is 9.55. The van der Waals surface area contributed by atoms with Crippen LogP contribution >= 0.6 is 0 Å². The topological polar surface area (TPSA) is 99.5 Å². The molecule has 2 aromatic rings. The molecule has 0 atom stereocenters. The van der Waals surface area contributed by atoms with Crippen molar-refractivity contribution in [1.82, 2.24) is 9.80 Å². The third kappa shape index (κ3) is 17.2. The first-order chi connectivity index (χ1) is 16.1. The predicted octanol–water partition coefficient (Wildman–Crippen LogP) is 3.31. The normalized spacial score (nSPS) is 10.2. The Balaban J connectivity index is 0.000000497. The number of carboxylic acids is 2. The van der Waals surface area contributed by atoms with Gasteiger partial charge in [0.05, 0.1) is 14.2 Å². The quantitative estimate of drug-likeness (QED) is 0.506. The van der Waals surface area contributed by atoms with Crippen molar-refractivity contribution in [2.24, 2.45) is 0 Å². The molecule has 188 valence electrons. The fourth-order valence-corrected chi connectivity index (χ4v) is 2.43. The molecule has 0 aliphatic heterocycles. The number of carbonyl (C=O) groups is 2. The SMILES string of the molecule is COc1ccc(CCN(C)C)cc1.COc1ccc(CCN(C)C)cc1.O=C(O)/C=C\C(=O)O. The molecule has 8 nitrogen and oxygen atoms in total. The first-order valence-corrected chi connectivity index (χ1v) is 10.8. The lowest BCUT2D eigenvalue weighted by Crippen LogP contribution is -2.14. The number of aliphatic carboxylic acids is 2. The van der Waals surface area contributed by atoms with E-state index < -0.39 is 11.9 Å². The molecule has 34 heavy (non-hydrogen) atoms. The van der Waals surface area contributed by atoms with Crippen LogP contribution in [0.15, 0.2) is 60.7 Å². The fourth-order valence-electron chi connectivity index (χ4n) is 2.43. The second-order valence-electron chi connectivity index (χ2n) is 7.81. The van der Waals surface area contributed by atoms with E-state index in [0.29, 0.717) is 12.2 Å². The lowest BCUT2D eigenvalue weighted by molar-refractivity contribution is -0.134. The molecule has 0 aliphatic carbocycles. The molecule has 2 N–H and O–H groups in total. The number of rotatable bonds is 10. The van der Waals surface area contributed by atoms with Crippen LogP contribution in [-0.4, -0.2) is 87.5 Å². The van der Waals surface area contributed by atoms with E-state index >= 15 is 0 Å². The van der Waals surface area contributed by atoms with Gasteiger partial charge in [-0.05, 0) is 76.4 Å². The summed E-state index contributed by atoms with van der Waals surface area (Å²) < 4.78 is 10.2. The van der Waals surface area contributed by atoms with Crippen LogP contribution < -0.4 is 9.47 Å². The number of ether oxygens (including phenoxy) is 2. The smallest absolute Gasteiger partial charge is 0.328 e. The maximum Gasteiger partial charge on any atom is 0.328 e. The Labute approximate surface area is 203 Å². The Bertz CT molecular complexity index is 775. The summed E-state index contributed by atoms with van der Waals surface area (Å²) >= 11 is 0. The van der Waals surface area contributed by atoms with E-state index in [1.165, 1.54) is 11.1 Å². The second kappa shape index (κ2) is 18.1. The summed E-state index contributed by atoms with van der Waals surface area (Å²) in [5.41, 5.74) is 2.71. The Hall–Kier alpha value is -3.36. The van der Waals surface area contributed by atoms with E-state index in [0.717, 1.165) is 37.4 Å². The average Bonchev–Trinajstić information content (AvgIpc) is 2.81. The molecule has 0 saturated carbocycles. The molecular formula is C26H38N2O6. The van der Waals surface area contributed by atoms with Crippen LogP contribution in [0.3, 0.4) is 0 Å². The molecule has 0 fully saturated rings. The van der Waals surface area contributed by atoms with Crippen molar-refractivity contribution in [2.75, 3.05) is 55.5 Å². The number of nitrogens with zero attached hydrogens (tertiary/aromatic N) is 2. The van der Waals surface area contributed by atoms with Gasteiger partial charge in [-0.2, -0.15) is 0 Å². The molecule has 0 aliphatic rings. The molecule has 0 bridgehead atoms. The summed E-state index contributed by atoms with van der Waals surface area (Å²) in [6.07, 6.45) is 3.30. The van der Waals surface area contributed by atoms with Crippen LogP contribution in [0.2, 0.25) is 0 Å². The monoisotopic (exact) mass is 474 g/mol. The molecule has 0 heterocycles. The Morgan fingerprint density at radius 2 is 0.971 bits per heavy atom. The van der Waals surface area contributed by atoms with Crippen LogP contribution in [0.1, 0.15) is 11.1 Å². The van der Waals surface area contributed by atoms with Crippen LogP contribution in [0, 0.1) is 0 Å². The highest BCUT2D eigenvalue weighted by atomic mass is 16.5. The van der Waals surface area contributed by atoms with Gasteiger partial charge in [-0.1, -0.05) is 24.3 Å². The van der Waals surface area contributed by atoms with Crippen molar-refractivity contribution < 1.29 is 29.3 Å². The van der Waals surface area contributed by atoms with Gasteiger partial charge in [0.25, 0.3) is 0 Å². The lowest BCUT2D eigenvalue weighted by atomic mass is 10.1. The average molecular weight is 475 g/mol. The summed E-state index contributed by atoms with van der Waals surface area (Å²) in [6, 6.07) is 16.5. The number of hydrogen-bond donors (Lipinski definition) is 2. The van der Waals surface area contributed by atoms with Crippen molar-refractivity contribution in [3.8, 4) is 11.5 Å². The van der Waals surface area contributed by atoms with Crippen LogP contribution in [0.25, 0.3) is 0 Å². The largest absolute Gasteiger partial charge is 0.497 e. The highest BCUT2D eigenvalue weighted by molar-refractivity contribution is 5.89. The zero-order valence-corrected chi connectivity index (χ0v) is 21.0. The number of benzene rings is 2. The minimum atomic E-state index is -1.26. The van der Waals surface area contributed by atoms with E-state index in [4.69, 9.17) is 19.7 Å². The van der Waals surface area contributed by atoms with Gasteiger partial charge in [0.2, 0.25) is 0 Å². The fraction of sp³-hybridized carbons (Fsp3) is 0.385. The van der Waals surface area contributed by atoms with E-state index in [1.807, 2.05) is 24.3 Å². The molecule has 0 unspecified atom stereocenters. The lowest BCUT2D eigenvalue weighted by Gasteiger charge is -2.09. The number of carboxylic acid groups (broad SMARTS) is 2. The Morgan fingerprint density at radius 1 is 0.676 bits per heavy atom. The van der Waals surface area contributed by atoms with E-state index in [-0.39, 0.29) is 0 Å². The molecule has 0 radical (unpaired) electrons. The van der Waals surface area contributed by atoms with Crippen LogP contribution in [0.5, 0.6) is 11.5 Å². The number of likely N-dealkylation sites (N-methyl/N-ethyl adjacent to an activating group) is 2. The van der Waals surface area contributed by atoms with Crippen molar-refractivity contribution in [1.29, 1.82) is 0 Å². The summed E-state index contributed by atoms with van der Waals surface area (Å²) in [6.45, 7) is 2.18. The molecule has 0 amide bonds. The summed E-state index contributed by atoms with van der Waals surface area (Å²) in [5.74, 6) is -0.665. The number of hydrogen-bond acceptors (Lipinski definition) is 6. The zero-order valence-electron chi connectivity index (χ0n) is 21.0. The second-order valence-corrected chi connectivity index (χ2v) is 7.81. The van der Waals surface area contributed by atoms with Crippen molar-refractivity contribution in [2.45, 2.75) is 12.8 Å². The van der Waals surface area contributed by atoms with Crippen LogP contribution in [0.4, 0.5) is 0 Å². The molecule has 0 aromatic heterocycles. The van der Waals surface area contributed by atoms with Crippen LogP contribution in [-0.2, 0) is 22.4 Å². The van der Waals surface area contributed by atoms with Gasteiger partial charge in [0.1, 0.15) is 11.5 Å². The van der Waals surface area contributed by atoms with Gasteiger partial charge < -0.3 is 29.5 Å². The van der Waals surface area contributed by atoms with Crippen molar-refractivity contribution >= 4 is 11.9 Å². The van der Waals surface area contributed by atoms with E-state index in [9.17, 15) is 9.59 Å². The van der Waals surface area contributed by atoms with E-state index in [1.54, 1.807) is 14.2 Å². The van der Waals surface area contributed by atoms with Gasteiger partial charge in [0, 0.05) is 25.2 Å². The minimum Gasteiger partial charge on any atom is -0.497 e. The molecular weight excluding hydrogens is 436 g/mol. The Kier molecular flexibility index (Phi) is 16.3. The first kappa shape index (κ1) is 30.6. The van der Waals surface area contributed by atoms with Gasteiger partial charge in [0.15, 0.2) is 0 Å². The Morgan fingerprint density at radius 3 is 1.18 bits per heavy atom. The molecule has 0 spiro atoms. The molecule has 2 aromatic carbocycles. The van der Waals surface area contributed by atoms with Gasteiger partial charge in [-0.25, -0.2) is 9.59 Å². The molecule has 2 rings (SSSR count). The van der Waals surface area contributed by atoms with Gasteiger partial charge in [-0.15, -0.1) is 0 Å². The van der Waals surface area contributed by atoms with Crippen molar-refractivity contribution in [3.63, 3.8) is 0 Å². The summed E-state index contributed by atoms with van der Waals surface area (Å²) in [5, 5.41) is 15.6. The summed E-state index contributed by atoms with van der Waals surface area (Å²) in [7, 11) is 11.7. The maximum atomic E-state index is 9.55. The third-order valence-corrected chi connectivity index (χ3v) is 4.38. The van der Waals surface area contributed by atoms with Crippen molar-refractivity contribution in [3.05, 3.63) is 71.8 Å². The highest BCUT2D eigenvalue weighted by Gasteiger charge is 1.96. The third-order valence-electron chi connectivity index (χ3n) is 4.38. The standard InChI is InChI=1S/2C11H17NO.C4H4O4/c2*1-12(2)9-8-10-4-6-11(13-3)7-5-10;5-3(6)1-2-4(7)8/h2*4-7H,8-9H2,1-3H3;1-2H,(H,5,6)(H,7,8)/b;;2-1-. The minimum absolute atomic E-state index is 0.558. The molecule has 0 saturated heterocycles. The first-order valence-electron chi connectivity index (χ1n) is 10.8. The zero-order chi connectivity index (χ0) is 25.9.